The number of hydrogen-bond acceptors (Lipinski definition) is 4. The molecule has 79 heavy (non-hydrogen) atoms. The fourth-order valence-electron chi connectivity index (χ4n) is 13.9. The van der Waals surface area contributed by atoms with Gasteiger partial charge in [0, 0.05) is 44.0 Å². The predicted molar refractivity (Wildman–Crippen MR) is 330 cm³/mol. The van der Waals surface area contributed by atoms with E-state index >= 15 is 0 Å². The van der Waals surface area contributed by atoms with Gasteiger partial charge in [-0.3, -0.25) is 0 Å². The van der Waals surface area contributed by atoms with Gasteiger partial charge in [-0.25, -0.2) is 0 Å². The lowest BCUT2D eigenvalue weighted by Crippen LogP contribution is -2.26. The zero-order chi connectivity index (χ0) is 52.7. The summed E-state index contributed by atoms with van der Waals surface area (Å²) < 4.78 is 14.2. The Labute approximate surface area is 459 Å². The van der Waals surface area contributed by atoms with E-state index in [9.17, 15) is 0 Å². The van der Waals surface area contributed by atoms with Crippen LogP contribution in [0.2, 0.25) is 0 Å². The molecule has 0 fully saturated rings. The van der Waals surface area contributed by atoms with Crippen LogP contribution in [-0.2, 0) is 5.41 Å². The van der Waals surface area contributed by atoms with Crippen molar-refractivity contribution in [2.75, 3.05) is 9.80 Å². The molecule has 0 atom stereocenters. The van der Waals surface area contributed by atoms with Gasteiger partial charge in [-0.1, -0.05) is 204 Å². The van der Waals surface area contributed by atoms with Crippen LogP contribution in [0.1, 0.15) is 72.9 Å². The quantitative estimate of drug-likeness (QED) is 0.152. The predicted octanol–water partition coefficient (Wildman–Crippen LogP) is 21.3. The minimum Gasteiger partial charge on any atom is -0.454 e. The van der Waals surface area contributed by atoms with Gasteiger partial charge in [0.25, 0.3) is 0 Å². The molecule has 0 saturated heterocycles. The molecule has 4 heteroatoms. The molecule has 2 heterocycles. The maximum atomic E-state index is 7.17. The molecule has 0 amide bonds. The van der Waals surface area contributed by atoms with Gasteiger partial charge in [-0.05, 0) is 150 Å². The SMILES string of the molecule is CC(C)c1cccc2c1oc1c(N(c3ccccc3)c3ccc4cc5c(cc4c3)C3(c4ccccc4-c4ccccc43)c3cc(N(c4ccccc4)c4cccc6c4oc4c(C(C)C)cccc46)c4ccccc4c3-5)cccc12. The molecule has 376 valence electrons. The second-order valence-corrected chi connectivity index (χ2v) is 22.2. The van der Waals surface area contributed by atoms with E-state index in [-0.39, 0.29) is 0 Å². The Morgan fingerprint density at radius 2 is 0.785 bits per heavy atom. The first kappa shape index (κ1) is 45.5. The second-order valence-electron chi connectivity index (χ2n) is 22.2. The Kier molecular flexibility index (Phi) is 9.91. The van der Waals surface area contributed by atoms with Crippen molar-refractivity contribution >= 4 is 99.5 Å². The standard InChI is InChI=1S/C75H54N2O2/c1-45(2)52-29-17-31-58-60-33-19-37-67(73(60)78-71(52)58)76(49-21-7-5-8-22-49)51-40-39-47-42-62-65(43-48(47)41-51)75(63-35-15-13-25-54(63)55-26-14-16-36-64(55)75)66-44-69(56-27-11-12-28-57(56)70(62)66)77(50-23-9-6-10-24-50)68-38-20-34-61-59-32-18-30-53(46(3)4)72(59)79-74(61)68/h5-46H,1-4H3. The van der Waals surface area contributed by atoms with Crippen LogP contribution in [0, 0.1) is 0 Å². The van der Waals surface area contributed by atoms with Crippen molar-refractivity contribution in [2.45, 2.75) is 44.9 Å². The maximum Gasteiger partial charge on any atom is 0.159 e. The fourth-order valence-corrected chi connectivity index (χ4v) is 13.9. The molecular weight excluding hydrogens is 961 g/mol. The molecule has 0 aliphatic heterocycles. The van der Waals surface area contributed by atoms with Crippen molar-refractivity contribution < 1.29 is 8.83 Å². The highest BCUT2D eigenvalue weighted by molar-refractivity contribution is 6.17. The number of anilines is 6. The van der Waals surface area contributed by atoms with Crippen molar-refractivity contribution in [1.82, 2.24) is 0 Å². The summed E-state index contributed by atoms with van der Waals surface area (Å²) in [6.07, 6.45) is 0. The van der Waals surface area contributed by atoms with Gasteiger partial charge in [0.15, 0.2) is 11.2 Å². The number of para-hydroxylation sites is 6. The number of hydrogen-bond donors (Lipinski definition) is 0. The average molecular weight is 1020 g/mol. The van der Waals surface area contributed by atoms with Crippen molar-refractivity contribution in [1.29, 1.82) is 0 Å². The van der Waals surface area contributed by atoms with Crippen LogP contribution in [0.4, 0.5) is 34.1 Å². The van der Waals surface area contributed by atoms with Crippen LogP contribution in [0.5, 0.6) is 0 Å². The van der Waals surface area contributed by atoms with E-state index in [1.54, 1.807) is 0 Å². The number of furan rings is 2. The molecule has 0 radical (unpaired) electrons. The third-order valence-corrected chi connectivity index (χ3v) is 17.3. The lowest BCUT2D eigenvalue weighted by atomic mass is 9.70. The molecular formula is C75H54N2O2. The molecule has 0 saturated carbocycles. The van der Waals surface area contributed by atoms with E-state index in [1.807, 2.05) is 0 Å². The van der Waals surface area contributed by atoms with E-state index in [0.29, 0.717) is 11.8 Å². The Bertz CT molecular complexity index is 4770. The highest BCUT2D eigenvalue weighted by atomic mass is 16.3. The molecule has 12 aromatic carbocycles. The van der Waals surface area contributed by atoms with Crippen LogP contribution in [0.3, 0.4) is 0 Å². The molecule has 1 spiro atoms. The second kappa shape index (κ2) is 17.2. The Hall–Kier alpha value is -9.64. The summed E-state index contributed by atoms with van der Waals surface area (Å²) in [4.78, 5) is 4.83. The fraction of sp³-hybridized carbons (Fsp3) is 0.0933. The van der Waals surface area contributed by atoms with E-state index in [0.717, 1.165) is 88.8 Å². The first-order chi connectivity index (χ1) is 38.9. The third kappa shape index (κ3) is 6.43. The average Bonchev–Trinajstić information content (AvgIpc) is 3.42. The van der Waals surface area contributed by atoms with E-state index < -0.39 is 5.41 Å². The summed E-state index contributed by atoms with van der Waals surface area (Å²) in [5.74, 6) is 0.618. The van der Waals surface area contributed by atoms with Crippen LogP contribution in [0.15, 0.2) is 251 Å². The third-order valence-electron chi connectivity index (χ3n) is 17.3. The van der Waals surface area contributed by atoms with Crippen LogP contribution >= 0.6 is 0 Å². The normalized spacial score (nSPS) is 13.1. The van der Waals surface area contributed by atoms with Crippen molar-refractivity contribution in [3.8, 4) is 22.3 Å². The lowest BCUT2D eigenvalue weighted by molar-refractivity contribution is 0.657. The molecule has 14 aromatic rings. The van der Waals surface area contributed by atoms with Crippen molar-refractivity contribution in [3.63, 3.8) is 0 Å². The largest absolute Gasteiger partial charge is 0.454 e. The topological polar surface area (TPSA) is 32.8 Å². The van der Waals surface area contributed by atoms with Gasteiger partial charge < -0.3 is 18.6 Å². The van der Waals surface area contributed by atoms with E-state index in [2.05, 4.69) is 280 Å². The molecule has 16 rings (SSSR count). The molecule has 2 aliphatic rings. The smallest absolute Gasteiger partial charge is 0.159 e. The first-order valence-electron chi connectivity index (χ1n) is 27.8. The molecule has 0 unspecified atom stereocenters. The molecule has 0 N–H and O–H groups in total. The highest BCUT2D eigenvalue weighted by Crippen LogP contribution is 2.65. The highest BCUT2D eigenvalue weighted by Gasteiger charge is 2.52. The molecule has 4 nitrogen and oxygen atoms in total. The number of rotatable bonds is 8. The minimum atomic E-state index is -0.659. The van der Waals surface area contributed by atoms with Crippen molar-refractivity contribution in [2.24, 2.45) is 0 Å². The number of nitrogens with zero attached hydrogens (tertiary/aromatic N) is 2. The Morgan fingerprint density at radius 3 is 1.37 bits per heavy atom. The van der Waals surface area contributed by atoms with E-state index in [4.69, 9.17) is 8.83 Å². The summed E-state index contributed by atoms with van der Waals surface area (Å²) in [7, 11) is 0. The maximum absolute atomic E-state index is 7.17. The van der Waals surface area contributed by atoms with Gasteiger partial charge in [-0.2, -0.15) is 0 Å². The first-order valence-corrected chi connectivity index (χ1v) is 27.8. The number of benzene rings is 12. The summed E-state index contributed by atoms with van der Waals surface area (Å²) >= 11 is 0. The molecule has 0 bridgehead atoms. The van der Waals surface area contributed by atoms with Gasteiger partial charge in [0.2, 0.25) is 0 Å². The Balaban J connectivity index is 0.972. The summed E-state index contributed by atoms with van der Waals surface area (Å²) in [5.41, 5.74) is 21.9. The van der Waals surface area contributed by atoms with Gasteiger partial charge in [-0.15, -0.1) is 0 Å². The van der Waals surface area contributed by atoms with Gasteiger partial charge in [0.05, 0.1) is 22.5 Å². The summed E-state index contributed by atoms with van der Waals surface area (Å²) in [5, 5.41) is 9.21. The molecule has 2 aromatic heterocycles. The zero-order valence-corrected chi connectivity index (χ0v) is 44.5. The van der Waals surface area contributed by atoms with Gasteiger partial charge in [0.1, 0.15) is 11.2 Å². The van der Waals surface area contributed by atoms with Crippen molar-refractivity contribution in [3.05, 3.63) is 276 Å². The van der Waals surface area contributed by atoms with E-state index in [1.165, 1.54) is 66.4 Å². The minimum absolute atomic E-state index is 0.301. The summed E-state index contributed by atoms with van der Waals surface area (Å²) in [6, 6.07) is 89.9. The lowest BCUT2D eigenvalue weighted by Gasteiger charge is -2.33. The van der Waals surface area contributed by atoms with Gasteiger partial charge >= 0.3 is 0 Å². The zero-order valence-electron chi connectivity index (χ0n) is 44.5. The molecule has 2 aliphatic carbocycles. The van der Waals surface area contributed by atoms with Crippen LogP contribution in [-0.4, -0.2) is 0 Å². The van der Waals surface area contributed by atoms with Crippen LogP contribution in [0.25, 0.3) is 87.7 Å². The summed E-state index contributed by atoms with van der Waals surface area (Å²) in [6.45, 7) is 8.97. The van der Waals surface area contributed by atoms with Crippen LogP contribution < -0.4 is 9.80 Å². The monoisotopic (exact) mass is 1010 g/mol. The number of fused-ring (bicyclic) bond motifs is 19. The Morgan fingerprint density at radius 1 is 0.304 bits per heavy atom.